The zero-order valence-corrected chi connectivity index (χ0v) is 14.7. The third kappa shape index (κ3) is 3.44. The monoisotopic (exact) mass is 370 g/mol. The van der Waals surface area contributed by atoms with E-state index >= 15 is 0 Å². The predicted molar refractivity (Wildman–Crippen MR) is 89.2 cm³/mol. The topological polar surface area (TPSA) is 59.1 Å². The molecule has 6 heteroatoms. The molecule has 2 rings (SSSR count). The molecule has 4 nitrogen and oxygen atoms in total. The van der Waals surface area contributed by atoms with Crippen LogP contribution in [-0.2, 0) is 10.0 Å². The molecule has 0 aliphatic rings. The number of aromatic nitrogens is 1. The summed E-state index contributed by atoms with van der Waals surface area (Å²) in [5, 5.41) is 1.40. The minimum Gasteiger partial charge on any atom is -0.256 e. The smallest absolute Gasteiger partial charge is 0.241 e. The molecule has 0 amide bonds. The van der Waals surface area contributed by atoms with E-state index in [0.717, 1.165) is 16.4 Å². The molecule has 0 radical (unpaired) electrons. The van der Waals surface area contributed by atoms with Crippen LogP contribution in [-0.4, -0.2) is 24.8 Å². The number of hydrogen-bond donors (Lipinski definition) is 1. The number of aryl methyl sites for hydroxylation is 1. The number of rotatable bonds is 5. The van der Waals surface area contributed by atoms with Crippen molar-refractivity contribution in [2.75, 3.05) is 5.33 Å². The summed E-state index contributed by atoms with van der Waals surface area (Å²) in [6.45, 7) is 5.80. The minimum absolute atomic E-state index is 0.151. The van der Waals surface area contributed by atoms with E-state index in [1.807, 2.05) is 20.8 Å². The van der Waals surface area contributed by atoms with Crippen LogP contribution in [0.25, 0.3) is 10.9 Å². The van der Waals surface area contributed by atoms with Gasteiger partial charge in [-0.15, -0.1) is 0 Å². The first kappa shape index (κ1) is 16.4. The molecule has 1 N–H and O–H groups in total. The second kappa shape index (κ2) is 6.42. The highest BCUT2D eigenvalue weighted by molar-refractivity contribution is 9.09. The van der Waals surface area contributed by atoms with Crippen molar-refractivity contribution in [1.29, 1.82) is 0 Å². The highest BCUT2D eigenvalue weighted by Crippen LogP contribution is 2.24. The molecule has 1 aromatic heterocycles. The van der Waals surface area contributed by atoms with Crippen LogP contribution in [0.1, 0.15) is 19.4 Å². The number of nitrogens with one attached hydrogen (secondary N) is 1. The van der Waals surface area contributed by atoms with Gasteiger partial charge in [0, 0.05) is 23.0 Å². The van der Waals surface area contributed by atoms with Gasteiger partial charge in [0.15, 0.2) is 0 Å². The van der Waals surface area contributed by atoms with Gasteiger partial charge in [-0.1, -0.05) is 28.9 Å². The summed E-state index contributed by atoms with van der Waals surface area (Å²) < 4.78 is 28.0. The Labute approximate surface area is 134 Å². The molecule has 0 bridgehead atoms. The highest BCUT2D eigenvalue weighted by Gasteiger charge is 2.23. The predicted octanol–water partition coefficient (Wildman–Crippen LogP) is 3.24. The summed E-state index contributed by atoms with van der Waals surface area (Å²) in [7, 11) is -3.57. The van der Waals surface area contributed by atoms with Gasteiger partial charge in [-0.25, -0.2) is 13.1 Å². The van der Waals surface area contributed by atoms with Crippen LogP contribution >= 0.6 is 15.9 Å². The molecule has 0 aliphatic carbocycles. The van der Waals surface area contributed by atoms with Gasteiger partial charge < -0.3 is 0 Å². The van der Waals surface area contributed by atoms with Crippen molar-refractivity contribution in [3.05, 3.63) is 36.0 Å². The summed E-state index contributed by atoms with van der Waals surface area (Å²) in [6, 6.07) is 6.84. The normalized spacial score (nSPS) is 15.0. The molecular weight excluding hydrogens is 352 g/mol. The van der Waals surface area contributed by atoms with Crippen molar-refractivity contribution in [2.24, 2.45) is 5.92 Å². The Balaban J connectivity index is 2.48. The Morgan fingerprint density at radius 1 is 1.29 bits per heavy atom. The zero-order valence-electron chi connectivity index (χ0n) is 12.3. The number of halogens is 1. The minimum atomic E-state index is -3.57. The van der Waals surface area contributed by atoms with Crippen LogP contribution in [0.3, 0.4) is 0 Å². The first-order valence-corrected chi connectivity index (χ1v) is 9.40. The lowest BCUT2D eigenvalue weighted by molar-refractivity contribution is 0.484. The van der Waals surface area contributed by atoms with Crippen molar-refractivity contribution in [2.45, 2.75) is 31.7 Å². The summed E-state index contributed by atoms with van der Waals surface area (Å²) in [5.74, 6) is 0.203. The molecule has 2 aromatic rings. The van der Waals surface area contributed by atoms with Crippen molar-refractivity contribution in [3.63, 3.8) is 0 Å². The van der Waals surface area contributed by atoms with Gasteiger partial charge in [-0.3, -0.25) is 4.98 Å². The van der Waals surface area contributed by atoms with Crippen LogP contribution in [0.5, 0.6) is 0 Å². The SMILES string of the molecule is Cc1ccc(S(=O)(=O)NC(C)C(C)CBr)c2cccnc12. The molecule has 0 fully saturated rings. The Hall–Kier alpha value is -0.980. The van der Waals surface area contributed by atoms with Gasteiger partial charge >= 0.3 is 0 Å². The van der Waals surface area contributed by atoms with E-state index < -0.39 is 10.0 Å². The van der Waals surface area contributed by atoms with Crippen molar-refractivity contribution >= 4 is 36.9 Å². The maximum absolute atomic E-state index is 12.6. The number of nitrogens with zero attached hydrogens (tertiary/aromatic N) is 1. The highest BCUT2D eigenvalue weighted by atomic mass is 79.9. The number of sulfonamides is 1. The number of hydrogen-bond acceptors (Lipinski definition) is 3. The zero-order chi connectivity index (χ0) is 15.6. The molecule has 2 atom stereocenters. The van der Waals surface area contributed by atoms with Gasteiger partial charge in [-0.2, -0.15) is 0 Å². The maximum Gasteiger partial charge on any atom is 0.241 e. The molecular formula is C15H19BrN2O2S. The van der Waals surface area contributed by atoms with Crippen molar-refractivity contribution in [3.8, 4) is 0 Å². The van der Waals surface area contributed by atoms with E-state index in [2.05, 4.69) is 25.6 Å². The summed E-state index contributed by atoms with van der Waals surface area (Å²) in [6.07, 6.45) is 1.68. The molecule has 0 saturated carbocycles. The lowest BCUT2D eigenvalue weighted by atomic mass is 10.1. The molecule has 1 aromatic carbocycles. The van der Waals surface area contributed by atoms with E-state index in [4.69, 9.17) is 0 Å². The second-order valence-electron chi connectivity index (χ2n) is 5.32. The third-order valence-electron chi connectivity index (χ3n) is 3.66. The Morgan fingerprint density at radius 3 is 2.67 bits per heavy atom. The molecule has 0 spiro atoms. The first-order chi connectivity index (χ1) is 9.86. The fourth-order valence-corrected chi connectivity index (χ4v) is 4.19. The van der Waals surface area contributed by atoms with Crippen LogP contribution in [0.15, 0.2) is 35.4 Å². The van der Waals surface area contributed by atoms with Crippen LogP contribution in [0.2, 0.25) is 0 Å². The summed E-state index contributed by atoms with van der Waals surface area (Å²) in [5.41, 5.74) is 1.69. The van der Waals surface area contributed by atoms with Gasteiger partial charge in [0.25, 0.3) is 0 Å². The molecule has 2 unspecified atom stereocenters. The average Bonchev–Trinajstić information content (AvgIpc) is 2.46. The van der Waals surface area contributed by atoms with Crippen LogP contribution < -0.4 is 4.72 Å². The van der Waals surface area contributed by atoms with E-state index in [1.54, 1.807) is 30.5 Å². The standard InChI is InChI=1S/C15H19BrN2O2S/c1-10-6-7-14(13-5-4-8-17-15(10)13)21(19,20)18-12(3)11(2)9-16/h4-8,11-12,18H,9H2,1-3H3. The fraction of sp³-hybridized carbons (Fsp3) is 0.400. The maximum atomic E-state index is 12.6. The quantitative estimate of drug-likeness (QED) is 0.821. The van der Waals surface area contributed by atoms with E-state index in [9.17, 15) is 8.42 Å². The Kier molecular flexibility index (Phi) is 5.01. The summed E-state index contributed by atoms with van der Waals surface area (Å²) in [4.78, 5) is 4.57. The molecule has 0 aliphatic heterocycles. The van der Waals surface area contributed by atoms with Gasteiger partial charge in [0.1, 0.15) is 0 Å². The third-order valence-corrected chi connectivity index (χ3v) is 6.30. The Bertz CT molecular complexity index is 746. The van der Waals surface area contributed by atoms with E-state index in [1.165, 1.54) is 0 Å². The van der Waals surface area contributed by atoms with Gasteiger partial charge in [-0.05, 0) is 43.5 Å². The number of benzene rings is 1. The van der Waals surface area contributed by atoms with Gasteiger partial charge in [0.05, 0.1) is 10.4 Å². The molecule has 114 valence electrons. The van der Waals surface area contributed by atoms with Crippen LogP contribution in [0.4, 0.5) is 0 Å². The second-order valence-corrected chi connectivity index (χ2v) is 7.65. The number of alkyl halides is 1. The number of pyridine rings is 1. The molecule has 1 heterocycles. The molecule has 21 heavy (non-hydrogen) atoms. The van der Waals surface area contributed by atoms with Crippen molar-refractivity contribution < 1.29 is 8.42 Å². The average molecular weight is 371 g/mol. The van der Waals surface area contributed by atoms with Crippen LogP contribution in [0, 0.1) is 12.8 Å². The van der Waals surface area contributed by atoms with E-state index in [-0.39, 0.29) is 16.9 Å². The fourth-order valence-electron chi connectivity index (χ4n) is 2.08. The first-order valence-electron chi connectivity index (χ1n) is 6.79. The van der Waals surface area contributed by atoms with Crippen molar-refractivity contribution in [1.82, 2.24) is 9.71 Å². The largest absolute Gasteiger partial charge is 0.256 e. The number of fused-ring (bicyclic) bond motifs is 1. The van der Waals surface area contributed by atoms with Gasteiger partial charge in [0.2, 0.25) is 10.0 Å². The van der Waals surface area contributed by atoms with E-state index in [0.29, 0.717) is 5.39 Å². The lowest BCUT2D eigenvalue weighted by Crippen LogP contribution is -2.37. The Morgan fingerprint density at radius 2 is 2.00 bits per heavy atom. The lowest BCUT2D eigenvalue weighted by Gasteiger charge is -2.20. The summed E-state index contributed by atoms with van der Waals surface area (Å²) >= 11 is 3.38. The molecule has 0 saturated heterocycles.